The van der Waals surface area contributed by atoms with Crippen molar-refractivity contribution in [1.82, 2.24) is 5.32 Å². The molecule has 1 amide bonds. The molecule has 0 heterocycles. The second-order valence-electron chi connectivity index (χ2n) is 6.88. The molecule has 1 aromatic rings. The highest BCUT2D eigenvalue weighted by molar-refractivity contribution is 5.95. The summed E-state index contributed by atoms with van der Waals surface area (Å²) in [6, 6.07) is 7.55. The summed E-state index contributed by atoms with van der Waals surface area (Å²) in [4.78, 5) is 12.1. The molecule has 0 aliphatic heterocycles. The first kappa shape index (κ1) is 17.0. The van der Waals surface area contributed by atoms with Gasteiger partial charge in [-0.05, 0) is 23.1 Å². The molecule has 1 aromatic carbocycles. The Kier molecular flexibility index (Phi) is 4.99. The van der Waals surface area contributed by atoms with Crippen molar-refractivity contribution < 1.29 is 10.0 Å². The van der Waals surface area contributed by atoms with E-state index < -0.39 is 5.41 Å². The highest BCUT2D eigenvalue weighted by atomic mass is 16.4. The molecule has 5 nitrogen and oxygen atoms in total. The lowest BCUT2D eigenvalue weighted by Crippen LogP contribution is -2.42. The predicted molar refractivity (Wildman–Crippen MR) is 84.7 cm³/mol. The second kappa shape index (κ2) is 6.16. The van der Waals surface area contributed by atoms with Crippen LogP contribution in [0.1, 0.15) is 50.5 Å². The van der Waals surface area contributed by atoms with Crippen molar-refractivity contribution in [1.29, 1.82) is 0 Å². The van der Waals surface area contributed by atoms with Crippen LogP contribution in [0.3, 0.4) is 0 Å². The van der Waals surface area contributed by atoms with E-state index in [0.717, 1.165) is 0 Å². The van der Waals surface area contributed by atoms with Gasteiger partial charge in [0.2, 0.25) is 0 Å². The molecule has 21 heavy (non-hydrogen) atoms. The lowest BCUT2D eigenvalue weighted by atomic mass is 9.86. The van der Waals surface area contributed by atoms with E-state index in [0.29, 0.717) is 12.1 Å². The van der Waals surface area contributed by atoms with E-state index in [9.17, 15) is 4.79 Å². The van der Waals surface area contributed by atoms with Gasteiger partial charge in [-0.25, -0.2) is 0 Å². The predicted octanol–water partition coefficient (Wildman–Crippen LogP) is 2.49. The summed E-state index contributed by atoms with van der Waals surface area (Å²) < 4.78 is 0. The molecule has 0 aliphatic rings. The number of hydrogen-bond acceptors (Lipinski definition) is 3. The number of carbonyl (C=O) groups excluding carboxylic acids is 1. The van der Waals surface area contributed by atoms with Crippen LogP contribution in [0.4, 0.5) is 0 Å². The standard InChI is InChI=1S/C16H25N3O2/c1-15(2,3)12-8-6-11(7-9-12)13(20)18-10-16(4,5)14(17)19-21/h6-9,21H,10H2,1-5H3,(H2,17,19)(H,18,20). The Morgan fingerprint density at radius 2 is 1.71 bits per heavy atom. The number of rotatable bonds is 4. The van der Waals surface area contributed by atoms with Gasteiger partial charge >= 0.3 is 0 Å². The highest BCUT2D eigenvalue weighted by Gasteiger charge is 2.24. The smallest absolute Gasteiger partial charge is 0.251 e. The number of hydrogen-bond donors (Lipinski definition) is 3. The monoisotopic (exact) mass is 291 g/mol. The minimum Gasteiger partial charge on any atom is -0.409 e. The summed E-state index contributed by atoms with van der Waals surface area (Å²) in [6.07, 6.45) is 0. The quantitative estimate of drug-likeness (QED) is 0.345. The van der Waals surface area contributed by atoms with Crippen LogP contribution in [0, 0.1) is 5.41 Å². The van der Waals surface area contributed by atoms with Crippen LogP contribution in [0.15, 0.2) is 29.4 Å². The van der Waals surface area contributed by atoms with Gasteiger partial charge in [0, 0.05) is 17.5 Å². The average Bonchev–Trinajstić information content (AvgIpc) is 2.43. The van der Waals surface area contributed by atoms with Gasteiger partial charge in [0.15, 0.2) is 0 Å². The maximum absolute atomic E-state index is 12.1. The number of carbonyl (C=O) groups is 1. The molecular formula is C16H25N3O2. The third-order valence-corrected chi connectivity index (χ3v) is 3.51. The molecule has 1 rings (SSSR count). The number of nitrogens with one attached hydrogen (secondary N) is 1. The van der Waals surface area contributed by atoms with Gasteiger partial charge in [0.05, 0.1) is 0 Å². The van der Waals surface area contributed by atoms with E-state index in [-0.39, 0.29) is 17.2 Å². The zero-order valence-corrected chi connectivity index (χ0v) is 13.4. The van der Waals surface area contributed by atoms with Gasteiger partial charge in [0.25, 0.3) is 5.91 Å². The molecule has 0 bridgehead atoms. The number of amidine groups is 1. The fourth-order valence-electron chi connectivity index (χ4n) is 1.75. The van der Waals surface area contributed by atoms with Crippen LogP contribution in [-0.4, -0.2) is 23.5 Å². The number of nitrogens with zero attached hydrogens (tertiary/aromatic N) is 1. The summed E-state index contributed by atoms with van der Waals surface area (Å²) in [6.45, 7) is 10.3. The molecule has 0 aliphatic carbocycles. The van der Waals surface area contributed by atoms with Crippen LogP contribution in [0.25, 0.3) is 0 Å². The molecular weight excluding hydrogens is 266 g/mol. The normalized spacial score (nSPS) is 13.1. The molecule has 0 aromatic heterocycles. The summed E-state index contributed by atoms with van der Waals surface area (Å²) in [5.74, 6) is -0.0832. The Bertz CT molecular complexity index is 525. The van der Waals surface area contributed by atoms with Crippen molar-refractivity contribution in [2.24, 2.45) is 16.3 Å². The molecule has 0 spiro atoms. The molecule has 0 fully saturated rings. The first-order valence-electron chi connectivity index (χ1n) is 6.94. The largest absolute Gasteiger partial charge is 0.409 e. The van der Waals surface area contributed by atoms with Gasteiger partial charge < -0.3 is 16.3 Å². The molecule has 0 saturated carbocycles. The van der Waals surface area contributed by atoms with Crippen LogP contribution in [-0.2, 0) is 5.41 Å². The minimum atomic E-state index is -0.601. The van der Waals surface area contributed by atoms with Gasteiger partial charge in [-0.3, -0.25) is 4.79 Å². The zero-order valence-electron chi connectivity index (χ0n) is 13.4. The average molecular weight is 291 g/mol. The van der Waals surface area contributed by atoms with Crippen molar-refractivity contribution in [2.75, 3.05) is 6.54 Å². The van der Waals surface area contributed by atoms with E-state index in [1.165, 1.54) is 5.56 Å². The van der Waals surface area contributed by atoms with Gasteiger partial charge in [-0.2, -0.15) is 0 Å². The molecule has 4 N–H and O–H groups in total. The summed E-state index contributed by atoms with van der Waals surface area (Å²) in [7, 11) is 0. The fourth-order valence-corrected chi connectivity index (χ4v) is 1.75. The molecule has 0 unspecified atom stereocenters. The summed E-state index contributed by atoms with van der Waals surface area (Å²) >= 11 is 0. The Labute approximate surface area is 126 Å². The Hall–Kier alpha value is -2.04. The Morgan fingerprint density at radius 1 is 1.19 bits per heavy atom. The fraction of sp³-hybridized carbons (Fsp3) is 0.500. The molecule has 0 atom stereocenters. The van der Waals surface area contributed by atoms with Crippen molar-refractivity contribution in [3.05, 3.63) is 35.4 Å². The number of benzene rings is 1. The van der Waals surface area contributed by atoms with Crippen LogP contribution in [0.2, 0.25) is 0 Å². The van der Waals surface area contributed by atoms with Gasteiger partial charge in [-0.1, -0.05) is 51.9 Å². The molecule has 116 valence electrons. The third-order valence-electron chi connectivity index (χ3n) is 3.51. The number of amides is 1. The van der Waals surface area contributed by atoms with E-state index in [2.05, 4.69) is 31.2 Å². The van der Waals surface area contributed by atoms with E-state index in [1.807, 2.05) is 24.3 Å². The summed E-state index contributed by atoms with van der Waals surface area (Å²) in [5, 5.41) is 14.5. The Morgan fingerprint density at radius 3 is 2.14 bits per heavy atom. The summed E-state index contributed by atoms with van der Waals surface area (Å²) in [5.41, 5.74) is 6.82. The van der Waals surface area contributed by atoms with Crippen molar-refractivity contribution in [3.8, 4) is 0 Å². The van der Waals surface area contributed by atoms with Crippen LogP contribution >= 0.6 is 0 Å². The van der Waals surface area contributed by atoms with Crippen molar-refractivity contribution in [3.63, 3.8) is 0 Å². The van der Waals surface area contributed by atoms with Gasteiger partial charge in [0.1, 0.15) is 5.84 Å². The number of nitrogens with two attached hydrogens (primary N) is 1. The maximum atomic E-state index is 12.1. The number of oxime groups is 1. The topological polar surface area (TPSA) is 87.7 Å². The first-order valence-corrected chi connectivity index (χ1v) is 6.94. The zero-order chi connectivity index (χ0) is 16.3. The van der Waals surface area contributed by atoms with E-state index >= 15 is 0 Å². The van der Waals surface area contributed by atoms with E-state index in [4.69, 9.17) is 10.9 Å². The molecule has 5 heteroatoms. The molecule has 0 saturated heterocycles. The highest BCUT2D eigenvalue weighted by Crippen LogP contribution is 2.22. The van der Waals surface area contributed by atoms with Crippen LogP contribution < -0.4 is 11.1 Å². The Balaban J connectivity index is 2.73. The lowest BCUT2D eigenvalue weighted by molar-refractivity contribution is 0.0944. The maximum Gasteiger partial charge on any atom is 0.251 e. The van der Waals surface area contributed by atoms with Gasteiger partial charge in [-0.15, -0.1) is 0 Å². The van der Waals surface area contributed by atoms with E-state index in [1.54, 1.807) is 13.8 Å². The second-order valence-corrected chi connectivity index (χ2v) is 6.88. The third kappa shape index (κ3) is 4.48. The minimum absolute atomic E-state index is 0.0586. The first-order chi connectivity index (χ1) is 9.58. The van der Waals surface area contributed by atoms with Crippen molar-refractivity contribution in [2.45, 2.75) is 40.0 Å². The van der Waals surface area contributed by atoms with Crippen LogP contribution in [0.5, 0.6) is 0 Å². The lowest BCUT2D eigenvalue weighted by Gasteiger charge is -2.23. The molecule has 0 radical (unpaired) electrons. The SMILES string of the molecule is CC(C)(CNC(=O)c1ccc(C(C)(C)C)cc1)/C(N)=N/O. The van der Waals surface area contributed by atoms with Crippen molar-refractivity contribution >= 4 is 11.7 Å².